The summed E-state index contributed by atoms with van der Waals surface area (Å²) in [6.45, 7) is 2.72. The summed E-state index contributed by atoms with van der Waals surface area (Å²) in [6.07, 6.45) is 6.51. The van der Waals surface area contributed by atoms with Crippen LogP contribution in [0.25, 0.3) is 10.9 Å². The SMILES string of the molecule is CC(N)Cc1cccc2ccn(Cc3ncccn3)c12. The molecule has 2 N–H and O–H groups in total. The third-order valence-electron chi connectivity index (χ3n) is 3.34. The number of fused-ring (bicyclic) bond motifs is 1. The van der Waals surface area contributed by atoms with E-state index in [-0.39, 0.29) is 6.04 Å². The molecule has 0 aliphatic heterocycles. The second kappa shape index (κ2) is 5.43. The zero-order valence-corrected chi connectivity index (χ0v) is 11.5. The van der Waals surface area contributed by atoms with Crippen LogP contribution in [-0.4, -0.2) is 20.6 Å². The summed E-state index contributed by atoms with van der Waals surface area (Å²) in [5, 5.41) is 1.24. The molecule has 0 bridgehead atoms. The van der Waals surface area contributed by atoms with E-state index < -0.39 is 0 Å². The Balaban J connectivity index is 2.03. The first kappa shape index (κ1) is 12.8. The molecule has 0 saturated carbocycles. The van der Waals surface area contributed by atoms with Crippen molar-refractivity contribution in [3.8, 4) is 0 Å². The van der Waals surface area contributed by atoms with E-state index in [1.165, 1.54) is 16.5 Å². The van der Waals surface area contributed by atoms with Gasteiger partial charge < -0.3 is 10.3 Å². The number of rotatable bonds is 4. The molecule has 3 rings (SSSR count). The summed E-state index contributed by atoms with van der Waals surface area (Å²) in [7, 11) is 0. The van der Waals surface area contributed by atoms with Crippen LogP contribution in [0, 0.1) is 0 Å². The van der Waals surface area contributed by atoms with Gasteiger partial charge in [0, 0.05) is 24.6 Å². The standard InChI is InChI=1S/C16H18N4/c1-12(17)10-14-5-2-4-13-6-9-20(16(13)14)11-15-18-7-3-8-19-15/h2-9,12H,10-11,17H2,1H3. The molecule has 1 aromatic carbocycles. The lowest BCUT2D eigenvalue weighted by atomic mass is 10.0. The Hall–Kier alpha value is -2.20. The number of nitrogens with zero attached hydrogens (tertiary/aromatic N) is 3. The number of nitrogens with two attached hydrogens (primary N) is 1. The van der Waals surface area contributed by atoms with Crippen LogP contribution in [0.4, 0.5) is 0 Å². The first-order chi connectivity index (χ1) is 9.74. The number of aromatic nitrogens is 3. The van der Waals surface area contributed by atoms with Gasteiger partial charge in [-0.15, -0.1) is 0 Å². The average molecular weight is 266 g/mol. The van der Waals surface area contributed by atoms with Crippen molar-refractivity contribution < 1.29 is 0 Å². The lowest BCUT2D eigenvalue weighted by Crippen LogP contribution is -2.18. The molecule has 2 heterocycles. The van der Waals surface area contributed by atoms with Crippen molar-refractivity contribution in [2.24, 2.45) is 5.73 Å². The summed E-state index contributed by atoms with van der Waals surface area (Å²) in [5.41, 5.74) is 8.46. The summed E-state index contributed by atoms with van der Waals surface area (Å²) in [5.74, 6) is 0.820. The number of benzene rings is 1. The van der Waals surface area contributed by atoms with Crippen LogP contribution in [0.1, 0.15) is 18.3 Å². The highest BCUT2D eigenvalue weighted by Crippen LogP contribution is 2.22. The van der Waals surface area contributed by atoms with Gasteiger partial charge in [-0.3, -0.25) is 0 Å². The molecule has 0 radical (unpaired) electrons. The molecule has 0 saturated heterocycles. The van der Waals surface area contributed by atoms with E-state index in [1.54, 1.807) is 12.4 Å². The molecule has 0 amide bonds. The molecule has 3 aromatic rings. The minimum Gasteiger partial charge on any atom is -0.340 e. The second-order valence-electron chi connectivity index (χ2n) is 5.15. The molecule has 2 aromatic heterocycles. The number of hydrogen-bond acceptors (Lipinski definition) is 3. The van der Waals surface area contributed by atoms with Crippen molar-refractivity contribution in [2.75, 3.05) is 0 Å². The molecule has 1 unspecified atom stereocenters. The van der Waals surface area contributed by atoms with Crippen LogP contribution in [0.5, 0.6) is 0 Å². The highest BCUT2D eigenvalue weighted by atomic mass is 15.0. The first-order valence-electron chi connectivity index (χ1n) is 6.82. The third-order valence-corrected chi connectivity index (χ3v) is 3.34. The van der Waals surface area contributed by atoms with Crippen molar-refractivity contribution in [2.45, 2.75) is 25.9 Å². The normalized spacial score (nSPS) is 12.7. The van der Waals surface area contributed by atoms with Crippen molar-refractivity contribution >= 4 is 10.9 Å². The van der Waals surface area contributed by atoms with Crippen LogP contribution < -0.4 is 5.73 Å². The lowest BCUT2D eigenvalue weighted by Gasteiger charge is -2.11. The summed E-state index contributed by atoms with van der Waals surface area (Å²) in [4.78, 5) is 8.59. The van der Waals surface area contributed by atoms with Gasteiger partial charge in [-0.25, -0.2) is 9.97 Å². The molecule has 4 nitrogen and oxygen atoms in total. The average Bonchev–Trinajstić information content (AvgIpc) is 2.84. The maximum Gasteiger partial charge on any atom is 0.147 e. The quantitative estimate of drug-likeness (QED) is 0.788. The van der Waals surface area contributed by atoms with Crippen LogP contribution in [0.3, 0.4) is 0 Å². The zero-order valence-electron chi connectivity index (χ0n) is 11.5. The first-order valence-corrected chi connectivity index (χ1v) is 6.82. The minimum absolute atomic E-state index is 0.150. The highest BCUT2D eigenvalue weighted by molar-refractivity contribution is 5.83. The maximum absolute atomic E-state index is 5.95. The van der Waals surface area contributed by atoms with E-state index >= 15 is 0 Å². The van der Waals surface area contributed by atoms with Gasteiger partial charge in [0.15, 0.2) is 0 Å². The number of para-hydroxylation sites is 1. The van der Waals surface area contributed by atoms with Crippen molar-refractivity contribution in [3.63, 3.8) is 0 Å². The van der Waals surface area contributed by atoms with E-state index in [2.05, 4.69) is 45.0 Å². The van der Waals surface area contributed by atoms with Gasteiger partial charge in [0.1, 0.15) is 5.82 Å². The van der Waals surface area contributed by atoms with Gasteiger partial charge in [-0.1, -0.05) is 18.2 Å². The zero-order chi connectivity index (χ0) is 13.9. The fourth-order valence-electron chi connectivity index (χ4n) is 2.55. The molecule has 0 aliphatic carbocycles. The van der Waals surface area contributed by atoms with E-state index in [0.29, 0.717) is 6.54 Å². The van der Waals surface area contributed by atoms with E-state index in [0.717, 1.165) is 12.2 Å². The maximum atomic E-state index is 5.95. The van der Waals surface area contributed by atoms with Crippen LogP contribution in [0.15, 0.2) is 48.9 Å². The Labute approximate surface area is 118 Å². The Kier molecular flexibility index (Phi) is 3.48. The smallest absolute Gasteiger partial charge is 0.147 e. The summed E-state index contributed by atoms with van der Waals surface area (Å²) >= 11 is 0. The summed E-state index contributed by atoms with van der Waals surface area (Å²) < 4.78 is 2.20. The molecule has 4 heteroatoms. The van der Waals surface area contributed by atoms with Crippen LogP contribution in [0.2, 0.25) is 0 Å². The summed E-state index contributed by atoms with van der Waals surface area (Å²) in [6, 6.07) is 10.5. The Morgan fingerprint density at radius 3 is 2.70 bits per heavy atom. The third kappa shape index (κ3) is 2.56. The predicted molar refractivity (Wildman–Crippen MR) is 80.4 cm³/mol. The van der Waals surface area contributed by atoms with E-state index in [9.17, 15) is 0 Å². The van der Waals surface area contributed by atoms with Crippen LogP contribution in [-0.2, 0) is 13.0 Å². The monoisotopic (exact) mass is 266 g/mol. The van der Waals surface area contributed by atoms with Crippen molar-refractivity contribution in [3.05, 3.63) is 60.3 Å². The van der Waals surface area contributed by atoms with E-state index in [1.807, 2.05) is 13.0 Å². The fourth-order valence-corrected chi connectivity index (χ4v) is 2.55. The molecule has 1 atom stereocenters. The molecular weight excluding hydrogens is 248 g/mol. The Morgan fingerprint density at radius 2 is 1.95 bits per heavy atom. The van der Waals surface area contributed by atoms with Gasteiger partial charge in [0.2, 0.25) is 0 Å². The topological polar surface area (TPSA) is 56.7 Å². The van der Waals surface area contributed by atoms with Gasteiger partial charge in [0.05, 0.1) is 12.1 Å². The number of hydrogen-bond donors (Lipinski definition) is 1. The van der Waals surface area contributed by atoms with Crippen molar-refractivity contribution in [1.82, 2.24) is 14.5 Å². The van der Waals surface area contributed by atoms with Crippen LogP contribution >= 0.6 is 0 Å². The molecule has 20 heavy (non-hydrogen) atoms. The minimum atomic E-state index is 0.150. The Bertz CT molecular complexity index is 701. The molecular formula is C16H18N4. The Morgan fingerprint density at radius 1 is 1.15 bits per heavy atom. The van der Waals surface area contributed by atoms with Crippen molar-refractivity contribution in [1.29, 1.82) is 0 Å². The van der Waals surface area contributed by atoms with Gasteiger partial charge in [-0.05, 0) is 36.4 Å². The lowest BCUT2D eigenvalue weighted by molar-refractivity contribution is 0.728. The van der Waals surface area contributed by atoms with Gasteiger partial charge in [0.25, 0.3) is 0 Å². The largest absolute Gasteiger partial charge is 0.340 e. The predicted octanol–water partition coefficient (Wildman–Crippen LogP) is 2.37. The van der Waals surface area contributed by atoms with Gasteiger partial charge >= 0.3 is 0 Å². The molecule has 0 fully saturated rings. The van der Waals surface area contributed by atoms with Gasteiger partial charge in [-0.2, -0.15) is 0 Å². The molecule has 102 valence electrons. The highest BCUT2D eigenvalue weighted by Gasteiger charge is 2.09. The molecule has 0 aliphatic rings. The second-order valence-corrected chi connectivity index (χ2v) is 5.15. The van der Waals surface area contributed by atoms with E-state index in [4.69, 9.17) is 5.73 Å². The fraction of sp³-hybridized carbons (Fsp3) is 0.250. The molecule has 0 spiro atoms.